The van der Waals surface area contributed by atoms with Gasteiger partial charge < -0.3 is 10.1 Å². The topological polar surface area (TPSA) is 21.3 Å². The summed E-state index contributed by atoms with van der Waals surface area (Å²) in [6, 6.07) is 3.41. The van der Waals surface area contributed by atoms with Crippen LogP contribution < -0.4 is 10.1 Å². The second kappa shape index (κ2) is 6.06. The second-order valence-corrected chi connectivity index (χ2v) is 7.18. The molecule has 112 valence electrons. The predicted molar refractivity (Wildman–Crippen MR) is 80.8 cm³/mol. The molecule has 0 heterocycles. The number of halogens is 4. The van der Waals surface area contributed by atoms with Crippen molar-refractivity contribution in [2.24, 2.45) is 5.41 Å². The van der Waals surface area contributed by atoms with Crippen molar-refractivity contribution in [2.75, 3.05) is 5.32 Å². The zero-order chi connectivity index (χ0) is 14.9. The van der Waals surface area contributed by atoms with Gasteiger partial charge in [0, 0.05) is 11.1 Å². The van der Waals surface area contributed by atoms with Crippen molar-refractivity contribution < 1.29 is 13.5 Å². The van der Waals surface area contributed by atoms with E-state index in [0.717, 1.165) is 19.3 Å². The van der Waals surface area contributed by atoms with Gasteiger partial charge in [-0.1, -0.05) is 25.4 Å². The molecule has 6 heteroatoms. The Balaban J connectivity index is 2.21. The maximum atomic E-state index is 12.5. The molecule has 0 amide bonds. The first-order valence-corrected chi connectivity index (χ1v) is 7.64. The van der Waals surface area contributed by atoms with Crippen LogP contribution in [0, 0.1) is 5.41 Å². The molecule has 0 bridgehead atoms. The molecular formula is C14H17BrClF2NO. The molecule has 1 aliphatic carbocycles. The van der Waals surface area contributed by atoms with Gasteiger partial charge in [-0.25, -0.2) is 0 Å². The molecule has 1 unspecified atom stereocenters. The first kappa shape index (κ1) is 15.8. The lowest BCUT2D eigenvalue weighted by atomic mass is 9.92. The Hall–Kier alpha value is -0.550. The van der Waals surface area contributed by atoms with Crippen LogP contribution in [0.1, 0.15) is 33.1 Å². The number of benzene rings is 1. The standard InChI is InChI=1S/C14H17BrClF2NO/c1-14(2)4-3-9(7-14)19-11-6-8(16)5-10(15)12(11)20-13(17)18/h5-6,9,13,19H,3-4,7H2,1-2H3. The number of hydrogen-bond acceptors (Lipinski definition) is 2. The summed E-state index contributed by atoms with van der Waals surface area (Å²) in [6.07, 6.45) is 3.11. The Kier molecular flexibility index (Phi) is 4.80. The summed E-state index contributed by atoms with van der Waals surface area (Å²) >= 11 is 9.20. The minimum absolute atomic E-state index is 0.106. The molecule has 2 nitrogen and oxygen atoms in total. The highest BCUT2D eigenvalue weighted by atomic mass is 79.9. The van der Waals surface area contributed by atoms with Crippen LogP contribution in [0.25, 0.3) is 0 Å². The fourth-order valence-electron chi connectivity index (χ4n) is 2.66. The molecule has 1 aromatic rings. The van der Waals surface area contributed by atoms with Crippen LogP contribution in [-0.4, -0.2) is 12.7 Å². The summed E-state index contributed by atoms with van der Waals surface area (Å²) < 4.78 is 30.0. The van der Waals surface area contributed by atoms with E-state index < -0.39 is 6.61 Å². The minimum Gasteiger partial charge on any atom is -0.431 e. The zero-order valence-electron chi connectivity index (χ0n) is 11.4. The van der Waals surface area contributed by atoms with Crippen molar-refractivity contribution in [3.8, 4) is 5.75 Å². The van der Waals surface area contributed by atoms with Gasteiger partial charge in [0.15, 0.2) is 5.75 Å². The molecule has 2 rings (SSSR count). The summed E-state index contributed by atoms with van der Waals surface area (Å²) in [6.45, 7) is 1.55. The third-order valence-electron chi connectivity index (χ3n) is 3.54. The molecule has 20 heavy (non-hydrogen) atoms. The molecule has 1 N–H and O–H groups in total. The summed E-state index contributed by atoms with van der Waals surface area (Å²) in [5.41, 5.74) is 0.782. The van der Waals surface area contributed by atoms with Gasteiger partial charge in [0.2, 0.25) is 0 Å². The number of alkyl halides is 2. The smallest absolute Gasteiger partial charge is 0.387 e. The van der Waals surface area contributed by atoms with Crippen LogP contribution in [0.2, 0.25) is 5.02 Å². The van der Waals surface area contributed by atoms with E-state index >= 15 is 0 Å². The fourth-order valence-corrected chi connectivity index (χ4v) is 3.56. The third kappa shape index (κ3) is 3.98. The van der Waals surface area contributed by atoms with Gasteiger partial charge in [-0.05, 0) is 52.7 Å². The number of anilines is 1. The largest absolute Gasteiger partial charge is 0.431 e. The molecule has 1 aliphatic rings. The van der Waals surface area contributed by atoms with Crippen molar-refractivity contribution in [2.45, 2.75) is 45.8 Å². The molecule has 1 fully saturated rings. The summed E-state index contributed by atoms with van der Waals surface area (Å²) in [4.78, 5) is 0. The van der Waals surface area contributed by atoms with Gasteiger partial charge in [0.25, 0.3) is 0 Å². The Morgan fingerprint density at radius 3 is 2.70 bits per heavy atom. The lowest BCUT2D eigenvalue weighted by Crippen LogP contribution is -2.18. The zero-order valence-corrected chi connectivity index (χ0v) is 13.7. The quantitative estimate of drug-likeness (QED) is 0.736. The number of ether oxygens (including phenoxy) is 1. The maximum Gasteiger partial charge on any atom is 0.387 e. The predicted octanol–water partition coefficient (Wildman–Crippen LogP) is 5.69. The Labute approximate surface area is 131 Å². The minimum atomic E-state index is -2.87. The number of nitrogens with one attached hydrogen (secondary N) is 1. The average Bonchev–Trinajstić information content (AvgIpc) is 2.62. The molecular weight excluding hydrogens is 352 g/mol. The summed E-state index contributed by atoms with van der Waals surface area (Å²) in [5.74, 6) is 0.106. The van der Waals surface area contributed by atoms with Gasteiger partial charge in [0.1, 0.15) is 0 Å². The molecule has 1 saturated carbocycles. The lowest BCUT2D eigenvalue weighted by Gasteiger charge is -2.21. The normalized spacial score (nSPS) is 21.2. The van der Waals surface area contributed by atoms with Crippen LogP contribution in [0.5, 0.6) is 5.75 Å². The molecule has 0 aromatic heterocycles. The van der Waals surface area contributed by atoms with Gasteiger partial charge in [-0.3, -0.25) is 0 Å². The van der Waals surface area contributed by atoms with Crippen molar-refractivity contribution in [1.82, 2.24) is 0 Å². The van der Waals surface area contributed by atoms with Crippen LogP contribution in [0.15, 0.2) is 16.6 Å². The molecule has 0 saturated heterocycles. The van der Waals surface area contributed by atoms with E-state index in [9.17, 15) is 8.78 Å². The van der Waals surface area contributed by atoms with Gasteiger partial charge in [-0.15, -0.1) is 0 Å². The monoisotopic (exact) mass is 367 g/mol. The molecule has 0 aliphatic heterocycles. The van der Waals surface area contributed by atoms with E-state index in [1.807, 2.05) is 0 Å². The van der Waals surface area contributed by atoms with Gasteiger partial charge in [-0.2, -0.15) is 8.78 Å². The first-order chi connectivity index (χ1) is 9.27. The van der Waals surface area contributed by atoms with Crippen LogP contribution in [-0.2, 0) is 0 Å². The average molecular weight is 369 g/mol. The fraction of sp³-hybridized carbons (Fsp3) is 0.571. The van der Waals surface area contributed by atoms with Crippen LogP contribution in [0.4, 0.5) is 14.5 Å². The SMILES string of the molecule is CC1(C)CCC(Nc2cc(Cl)cc(Br)c2OC(F)F)C1. The highest BCUT2D eigenvalue weighted by molar-refractivity contribution is 9.10. The van der Waals surface area contributed by atoms with E-state index in [-0.39, 0.29) is 17.2 Å². The molecule has 0 radical (unpaired) electrons. The molecule has 0 spiro atoms. The first-order valence-electron chi connectivity index (χ1n) is 6.47. The van der Waals surface area contributed by atoms with Crippen molar-refractivity contribution in [3.63, 3.8) is 0 Å². The molecule has 1 aromatic carbocycles. The summed E-state index contributed by atoms with van der Waals surface area (Å²) in [7, 11) is 0. The highest BCUT2D eigenvalue weighted by Crippen LogP contribution is 2.42. The van der Waals surface area contributed by atoms with E-state index in [4.69, 9.17) is 11.6 Å². The van der Waals surface area contributed by atoms with Crippen molar-refractivity contribution >= 4 is 33.2 Å². The Bertz CT molecular complexity index is 496. The highest BCUT2D eigenvalue weighted by Gasteiger charge is 2.31. The van der Waals surface area contributed by atoms with Crippen molar-refractivity contribution in [3.05, 3.63) is 21.6 Å². The number of hydrogen-bond donors (Lipinski definition) is 1. The second-order valence-electron chi connectivity index (χ2n) is 5.89. The van der Waals surface area contributed by atoms with Crippen LogP contribution >= 0.6 is 27.5 Å². The maximum absolute atomic E-state index is 12.5. The molecule has 1 atom stereocenters. The van der Waals surface area contributed by atoms with E-state index in [2.05, 4.69) is 39.8 Å². The Morgan fingerprint density at radius 1 is 1.45 bits per heavy atom. The van der Waals surface area contributed by atoms with Crippen molar-refractivity contribution in [1.29, 1.82) is 0 Å². The van der Waals surface area contributed by atoms with E-state index in [1.165, 1.54) is 0 Å². The third-order valence-corrected chi connectivity index (χ3v) is 4.35. The van der Waals surface area contributed by atoms with Gasteiger partial charge in [0.05, 0.1) is 10.2 Å². The lowest BCUT2D eigenvalue weighted by molar-refractivity contribution is -0.0499. The van der Waals surface area contributed by atoms with Crippen LogP contribution in [0.3, 0.4) is 0 Å². The summed E-state index contributed by atoms with van der Waals surface area (Å²) in [5, 5.41) is 3.75. The Morgan fingerprint density at radius 2 is 2.15 bits per heavy atom. The number of rotatable bonds is 4. The van der Waals surface area contributed by atoms with Gasteiger partial charge >= 0.3 is 6.61 Å². The van der Waals surface area contributed by atoms with E-state index in [0.29, 0.717) is 15.2 Å². The van der Waals surface area contributed by atoms with E-state index in [1.54, 1.807) is 12.1 Å².